The van der Waals surface area contributed by atoms with Crippen LogP contribution in [0, 0.1) is 5.92 Å². The molecule has 1 saturated heterocycles. The van der Waals surface area contributed by atoms with Crippen LogP contribution in [0.15, 0.2) is 23.8 Å². The molecule has 1 fully saturated rings. The molecular weight excluding hydrogens is 360 g/mol. The lowest BCUT2D eigenvalue weighted by Crippen LogP contribution is -2.29. The Morgan fingerprint density at radius 2 is 2.08 bits per heavy atom. The van der Waals surface area contributed by atoms with Crippen LogP contribution in [0.1, 0.15) is 43.2 Å². The lowest BCUT2D eigenvalue weighted by Gasteiger charge is -2.27. The lowest BCUT2D eigenvalue weighted by molar-refractivity contribution is 0.255. The van der Waals surface area contributed by atoms with E-state index in [1.165, 1.54) is 23.4 Å². The monoisotopic (exact) mass is 386 g/mol. The fraction of sp³-hybridized carbons (Fsp3) is 0.500. The first-order valence-electron chi connectivity index (χ1n) is 9.35. The van der Waals surface area contributed by atoms with Gasteiger partial charge in [-0.3, -0.25) is 3.97 Å². The zero-order chi connectivity index (χ0) is 18.3. The van der Waals surface area contributed by atoms with Gasteiger partial charge < -0.3 is 4.90 Å². The summed E-state index contributed by atoms with van der Waals surface area (Å²) >= 11 is 6.37. The molecule has 1 aliphatic rings. The van der Waals surface area contributed by atoms with Crippen molar-refractivity contribution >= 4 is 35.2 Å². The molecule has 26 heavy (non-hydrogen) atoms. The van der Waals surface area contributed by atoms with Gasteiger partial charge in [0.1, 0.15) is 5.65 Å². The zero-order valence-corrected chi connectivity index (χ0v) is 17.4. The minimum Gasteiger partial charge on any atom is -0.306 e. The second kappa shape index (κ2) is 7.33. The Labute approximate surface area is 164 Å². The number of likely N-dealkylation sites (tertiary alicyclic amines) is 1. The minimum absolute atomic E-state index is 0.601. The molecule has 4 nitrogen and oxygen atoms in total. The largest absolute Gasteiger partial charge is 0.306 e. The molecule has 6 heteroatoms. The maximum atomic E-state index is 5.01. The summed E-state index contributed by atoms with van der Waals surface area (Å²) < 4.78 is 1.82. The highest BCUT2D eigenvalue weighted by Gasteiger charge is 2.22. The van der Waals surface area contributed by atoms with Gasteiger partial charge in [-0.1, -0.05) is 26.7 Å². The van der Waals surface area contributed by atoms with Crippen LogP contribution in [0.4, 0.5) is 0 Å². The molecule has 4 heterocycles. The summed E-state index contributed by atoms with van der Waals surface area (Å²) in [5.74, 6) is 1.22. The summed E-state index contributed by atoms with van der Waals surface area (Å²) in [5, 5.41) is 4.63. The molecule has 0 bridgehead atoms. The van der Waals surface area contributed by atoms with Crippen molar-refractivity contribution in [1.82, 2.24) is 18.8 Å². The van der Waals surface area contributed by atoms with Gasteiger partial charge >= 0.3 is 0 Å². The van der Waals surface area contributed by atoms with Crippen molar-refractivity contribution < 1.29 is 0 Å². The van der Waals surface area contributed by atoms with Crippen molar-refractivity contribution in [2.75, 3.05) is 20.1 Å². The molecule has 0 N–H and O–H groups in total. The molecule has 0 unspecified atom stereocenters. The standard InChI is InChI=1S/C20H26N4S2/c1-13(2)8-14-9-16-17(11-24(25)19(16)21-10-14)18-12-26-20(22-18)15-4-6-23(3)7-5-15/h9-13,15,25H,4-8H2,1-3H3. The molecule has 0 aliphatic carbocycles. The first-order valence-corrected chi connectivity index (χ1v) is 10.6. The molecule has 0 amide bonds. The Morgan fingerprint density at radius 1 is 1.31 bits per heavy atom. The van der Waals surface area contributed by atoms with Crippen LogP contribution in [-0.2, 0) is 6.42 Å². The van der Waals surface area contributed by atoms with E-state index in [4.69, 9.17) is 4.98 Å². The Hall–Kier alpha value is -1.37. The van der Waals surface area contributed by atoms with E-state index in [1.54, 1.807) is 11.3 Å². The predicted molar refractivity (Wildman–Crippen MR) is 113 cm³/mol. The van der Waals surface area contributed by atoms with Crippen LogP contribution in [0.25, 0.3) is 22.3 Å². The molecule has 1 aliphatic heterocycles. The summed E-state index contributed by atoms with van der Waals surface area (Å²) in [6, 6.07) is 2.26. The first kappa shape index (κ1) is 18.0. The van der Waals surface area contributed by atoms with E-state index in [0.29, 0.717) is 11.8 Å². The minimum atomic E-state index is 0.601. The number of piperidine rings is 1. The van der Waals surface area contributed by atoms with Crippen LogP contribution >= 0.6 is 24.2 Å². The SMILES string of the molecule is CC(C)Cc1cnc2c(c1)c(-c1csc(C3CCN(C)CC3)n1)cn2S. The van der Waals surface area contributed by atoms with E-state index in [2.05, 4.69) is 55.0 Å². The van der Waals surface area contributed by atoms with E-state index in [0.717, 1.165) is 41.8 Å². The van der Waals surface area contributed by atoms with Gasteiger partial charge in [0, 0.05) is 34.6 Å². The molecule has 0 saturated carbocycles. The molecule has 4 rings (SSSR count). The topological polar surface area (TPSA) is 34.0 Å². The Kier molecular flexibility index (Phi) is 5.08. The quantitative estimate of drug-likeness (QED) is 0.650. The highest BCUT2D eigenvalue weighted by Crippen LogP contribution is 2.36. The van der Waals surface area contributed by atoms with E-state index < -0.39 is 0 Å². The molecule has 3 aromatic rings. The Morgan fingerprint density at radius 3 is 2.81 bits per heavy atom. The fourth-order valence-electron chi connectivity index (χ4n) is 3.78. The summed E-state index contributed by atoms with van der Waals surface area (Å²) in [5.41, 5.74) is 4.39. The number of rotatable bonds is 4. The number of hydrogen-bond donors (Lipinski definition) is 1. The summed E-state index contributed by atoms with van der Waals surface area (Å²) in [6.07, 6.45) is 7.48. The number of fused-ring (bicyclic) bond motifs is 1. The maximum Gasteiger partial charge on any atom is 0.150 e. The maximum absolute atomic E-state index is 5.01. The number of thiazole rings is 1. The average Bonchev–Trinajstić information content (AvgIpc) is 3.20. The summed E-state index contributed by atoms with van der Waals surface area (Å²) in [7, 11) is 2.20. The van der Waals surface area contributed by atoms with Crippen LogP contribution < -0.4 is 0 Å². The third-order valence-corrected chi connectivity index (χ3v) is 6.50. The van der Waals surface area contributed by atoms with Crippen molar-refractivity contribution in [2.24, 2.45) is 5.92 Å². The van der Waals surface area contributed by atoms with Gasteiger partial charge in [0.15, 0.2) is 0 Å². The van der Waals surface area contributed by atoms with Gasteiger partial charge in [0.05, 0.1) is 10.7 Å². The van der Waals surface area contributed by atoms with Crippen LogP contribution in [-0.4, -0.2) is 39.0 Å². The van der Waals surface area contributed by atoms with E-state index in [-0.39, 0.29) is 0 Å². The van der Waals surface area contributed by atoms with Crippen molar-refractivity contribution in [1.29, 1.82) is 0 Å². The summed E-state index contributed by atoms with van der Waals surface area (Å²) in [4.78, 5) is 12.1. The number of pyridine rings is 1. The van der Waals surface area contributed by atoms with Gasteiger partial charge in [-0.05, 0) is 56.9 Å². The van der Waals surface area contributed by atoms with Crippen molar-refractivity contribution in [2.45, 2.75) is 39.0 Å². The van der Waals surface area contributed by atoms with Crippen LogP contribution in [0.5, 0.6) is 0 Å². The smallest absolute Gasteiger partial charge is 0.150 e. The van der Waals surface area contributed by atoms with E-state index in [1.807, 2.05) is 16.4 Å². The molecule has 0 aromatic carbocycles. The van der Waals surface area contributed by atoms with Gasteiger partial charge in [0.2, 0.25) is 0 Å². The van der Waals surface area contributed by atoms with E-state index >= 15 is 0 Å². The van der Waals surface area contributed by atoms with Crippen molar-refractivity contribution in [3.05, 3.63) is 34.4 Å². The fourth-order valence-corrected chi connectivity index (χ4v) is 5.04. The Balaban J connectivity index is 1.68. The summed E-state index contributed by atoms with van der Waals surface area (Å²) in [6.45, 7) is 6.81. The number of hydrogen-bond acceptors (Lipinski definition) is 5. The van der Waals surface area contributed by atoms with Crippen molar-refractivity contribution in [3.63, 3.8) is 0 Å². The van der Waals surface area contributed by atoms with Gasteiger partial charge in [-0.15, -0.1) is 11.3 Å². The van der Waals surface area contributed by atoms with Crippen LogP contribution in [0.3, 0.4) is 0 Å². The van der Waals surface area contributed by atoms with Crippen LogP contribution in [0.2, 0.25) is 0 Å². The molecule has 0 atom stereocenters. The molecule has 0 spiro atoms. The lowest BCUT2D eigenvalue weighted by atomic mass is 9.98. The normalized spacial score (nSPS) is 16.8. The third-order valence-electron chi connectivity index (χ3n) is 5.19. The molecule has 3 aromatic heterocycles. The number of aromatic nitrogens is 3. The third kappa shape index (κ3) is 3.55. The highest BCUT2D eigenvalue weighted by molar-refractivity contribution is 7.78. The average molecular weight is 387 g/mol. The predicted octanol–water partition coefficient (Wildman–Crippen LogP) is 4.86. The Bertz CT molecular complexity index is 904. The zero-order valence-electron chi connectivity index (χ0n) is 15.6. The van der Waals surface area contributed by atoms with E-state index in [9.17, 15) is 0 Å². The van der Waals surface area contributed by atoms with Gasteiger partial charge in [0.25, 0.3) is 0 Å². The molecule has 138 valence electrons. The first-order chi connectivity index (χ1) is 12.5. The second-order valence-corrected chi connectivity index (χ2v) is 9.17. The molecule has 0 radical (unpaired) electrons. The van der Waals surface area contributed by atoms with Gasteiger partial charge in [-0.25, -0.2) is 9.97 Å². The number of nitrogens with zero attached hydrogens (tertiary/aromatic N) is 4. The highest BCUT2D eigenvalue weighted by atomic mass is 32.1. The second-order valence-electron chi connectivity index (χ2n) is 7.85. The number of thiol groups is 1. The van der Waals surface area contributed by atoms with Gasteiger partial charge in [-0.2, -0.15) is 0 Å². The molecular formula is C20H26N4S2. The van der Waals surface area contributed by atoms with Crippen molar-refractivity contribution in [3.8, 4) is 11.3 Å².